The molecule has 2 saturated carbocycles. The van der Waals surface area contributed by atoms with Crippen LogP contribution >= 0.6 is 0 Å². The molecule has 0 aromatic heterocycles. The predicted molar refractivity (Wildman–Crippen MR) is 133 cm³/mol. The standard InChI is InChI=1S/C30H38O5/c1-5-25(27-9-13-29(14-10-27)32-17-18-33-29)6-2-23(1)21-31-22-24-3-7-26(8-4-24)28-11-15-30(16-12-28)34-19-20-35-30/h1-8,27-28H,9-22H2. The van der Waals surface area contributed by atoms with E-state index in [9.17, 15) is 0 Å². The average molecular weight is 479 g/mol. The highest BCUT2D eigenvalue weighted by Crippen LogP contribution is 2.43. The summed E-state index contributed by atoms with van der Waals surface area (Å²) in [5.74, 6) is 0.659. The van der Waals surface area contributed by atoms with E-state index in [-0.39, 0.29) is 11.6 Å². The third kappa shape index (κ3) is 5.35. The molecule has 5 nitrogen and oxygen atoms in total. The zero-order chi connectivity index (χ0) is 23.6. The molecule has 0 amide bonds. The van der Waals surface area contributed by atoms with Crippen molar-refractivity contribution in [2.45, 2.75) is 88.0 Å². The number of ether oxygens (including phenoxy) is 5. The van der Waals surface area contributed by atoms with Crippen molar-refractivity contribution >= 4 is 0 Å². The van der Waals surface area contributed by atoms with E-state index in [4.69, 9.17) is 23.7 Å². The van der Waals surface area contributed by atoms with Crippen LogP contribution in [0.2, 0.25) is 0 Å². The van der Waals surface area contributed by atoms with Crippen LogP contribution in [0.15, 0.2) is 48.5 Å². The Morgan fingerprint density at radius 1 is 0.543 bits per heavy atom. The minimum Gasteiger partial charge on any atom is -0.372 e. The van der Waals surface area contributed by atoms with Gasteiger partial charge >= 0.3 is 0 Å². The molecular weight excluding hydrogens is 440 g/mol. The van der Waals surface area contributed by atoms with Crippen LogP contribution in [0.5, 0.6) is 0 Å². The third-order valence-corrected chi connectivity index (χ3v) is 8.56. The van der Waals surface area contributed by atoms with Gasteiger partial charge in [0.05, 0.1) is 39.6 Å². The summed E-state index contributed by atoms with van der Waals surface area (Å²) in [6.07, 6.45) is 8.56. The van der Waals surface area contributed by atoms with Gasteiger partial charge in [-0.15, -0.1) is 0 Å². The van der Waals surface area contributed by atoms with Crippen molar-refractivity contribution in [1.82, 2.24) is 0 Å². The maximum absolute atomic E-state index is 6.04. The van der Waals surface area contributed by atoms with Gasteiger partial charge in [-0.2, -0.15) is 0 Å². The maximum atomic E-state index is 6.04. The van der Waals surface area contributed by atoms with E-state index in [1.54, 1.807) is 0 Å². The summed E-state index contributed by atoms with van der Waals surface area (Å²) in [6, 6.07) is 18.0. The molecule has 2 saturated heterocycles. The van der Waals surface area contributed by atoms with Gasteiger partial charge in [-0.3, -0.25) is 0 Å². The number of rotatable bonds is 6. The first-order chi connectivity index (χ1) is 17.2. The highest BCUT2D eigenvalue weighted by molar-refractivity contribution is 5.27. The molecule has 35 heavy (non-hydrogen) atoms. The van der Waals surface area contributed by atoms with Crippen molar-refractivity contribution in [3.8, 4) is 0 Å². The van der Waals surface area contributed by atoms with Crippen LogP contribution in [-0.2, 0) is 36.9 Å². The fourth-order valence-corrected chi connectivity index (χ4v) is 6.41. The molecular formula is C30H38O5. The molecule has 2 aliphatic carbocycles. The Balaban J connectivity index is 0.944. The second-order valence-electron chi connectivity index (χ2n) is 10.7. The van der Waals surface area contributed by atoms with E-state index in [2.05, 4.69) is 48.5 Å². The quantitative estimate of drug-likeness (QED) is 0.494. The molecule has 0 bridgehead atoms. The predicted octanol–water partition coefficient (Wildman–Crippen LogP) is 6.20. The van der Waals surface area contributed by atoms with Gasteiger partial charge in [0, 0.05) is 25.7 Å². The van der Waals surface area contributed by atoms with Gasteiger partial charge in [0.15, 0.2) is 11.6 Å². The van der Waals surface area contributed by atoms with Crippen molar-refractivity contribution in [2.24, 2.45) is 0 Å². The molecule has 6 rings (SSSR count). The van der Waals surface area contributed by atoms with E-state index in [0.29, 0.717) is 25.0 Å². The van der Waals surface area contributed by atoms with Crippen molar-refractivity contribution in [3.63, 3.8) is 0 Å². The fraction of sp³-hybridized carbons (Fsp3) is 0.600. The van der Waals surface area contributed by atoms with Crippen molar-refractivity contribution in [3.05, 3.63) is 70.8 Å². The molecule has 2 aliphatic heterocycles. The topological polar surface area (TPSA) is 46.2 Å². The summed E-state index contributed by atoms with van der Waals surface area (Å²) in [5, 5.41) is 0. The summed E-state index contributed by atoms with van der Waals surface area (Å²) in [4.78, 5) is 0. The number of hydrogen-bond acceptors (Lipinski definition) is 5. The monoisotopic (exact) mass is 478 g/mol. The minimum absolute atomic E-state index is 0.277. The molecule has 0 unspecified atom stereocenters. The average Bonchev–Trinajstić information content (AvgIpc) is 3.56. The summed E-state index contributed by atoms with van der Waals surface area (Å²) < 4.78 is 29.5. The van der Waals surface area contributed by atoms with E-state index in [0.717, 1.165) is 77.8 Å². The summed E-state index contributed by atoms with van der Waals surface area (Å²) >= 11 is 0. The highest BCUT2D eigenvalue weighted by Gasteiger charge is 2.41. The smallest absolute Gasteiger partial charge is 0.168 e. The molecule has 4 aliphatic rings. The molecule has 2 aromatic rings. The van der Waals surface area contributed by atoms with E-state index >= 15 is 0 Å². The molecule has 188 valence electrons. The van der Waals surface area contributed by atoms with Gasteiger partial charge in [0.25, 0.3) is 0 Å². The van der Waals surface area contributed by atoms with Crippen molar-refractivity contribution in [1.29, 1.82) is 0 Å². The van der Waals surface area contributed by atoms with Gasteiger partial charge < -0.3 is 23.7 Å². The first-order valence-electron chi connectivity index (χ1n) is 13.5. The van der Waals surface area contributed by atoms with Crippen LogP contribution in [0.1, 0.15) is 85.5 Å². The van der Waals surface area contributed by atoms with Gasteiger partial charge in [-0.05, 0) is 59.8 Å². The van der Waals surface area contributed by atoms with Crippen molar-refractivity contribution < 1.29 is 23.7 Å². The number of benzene rings is 2. The van der Waals surface area contributed by atoms with Crippen LogP contribution in [0.3, 0.4) is 0 Å². The molecule has 0 atom stereocenters. The zero-order valence-corrected chi connectivity index (χ0v) is 20.7. The Bertz CT molecular complexity index is 858. The zero-order valence-electron chi connectivity index (χ0n) is 20.7. The Kier molecular flexibility index (Phi) is 6.96. The minimum atomic E-state index is -0.277. The molecule has 2 heterocycles. The summed E-state index contributed by atoms with van der Waals surface area (Å²) in [7, 11) is 0. The van der Waals surface area contributed by atoms with Gasteiger partial charge in [0.1, 0.15) is 0 Å². The van der Waals surface area contributed by atoms with Crippen LogP contribution < -0.4 is 0 Å². The Morgan fingerprint density at radius 3 is 1.23 bits per heavy atom. The third-order valence-electron chi connectivity index (χ3n) is 8.56. The Morgan fingerprint density at radius 2 is 0.886 bits per heavy atom. The largest absolute Gasteiger partial charge is 0.372 e. The van der Waals surface area contributed by atoms with Crippen LogP contribution in [0.4, 0.5) is 0 Å². The maximum Gasteiger partial charge on any atom is 0.168 e. The van der Waals surface area contributed by atoms with Crippen LogP contribution in [0.25, 0.3) is 0 Å². The van der Waals surface area contributed by atoms with Gasteiger partial charge in [-0.1, -0.05) is 48.5 Å². The summed E-state index contributed by atoms with van der Waals surface area (Å²) in [6.45, 7) is 4.27. The lowest BCUT2D eigenvalue weighted by molar-refractivity contribution is -0.179. The van der Waals surface area contributed by atoms with Crippen LogP contribution in [0, 0.1) is 0 Å². The molecule has 4 fully saturated rings. The number of hydrogen-bond donors (Lipinski definition) is 0. The first kappa shape index (κ1) is 23.6. The molecule has 2 aromatic carbocycles. The molecule has 5 heteroatoms. The SMILES string of the molecule is c1cc(C2CCC3(CC2)OCCO3)ccc1COCc1ccc(C2CCC3(CC2)OCCO3)cc1. The van der Waals surface area contributed by atoms with Crippen molar-refractivity contribution in [2.75, 3.05) is 26.4 Å². The highest BCUT2D eigenvalue weighted by atomic mass is 16.7. The second kappa shape index (κ2) is 10.3. The second-order valence-corrected chi connectivity index (χ2v) is 10.7. The normalized spacial score (nSPS) is 26.0. The lowest BCUT2D eigenvalue weighted by Crippen LogP contribution is -2.34. The molecule has 2 spiro atoms. The fourth-order valence-electron chi connectivity index (χ4n) is 6.41. The summed E-state index contributed by atoms with van der Waals surface area (Å²) in [5.41, 5.74) is 5.31. The first-order valence-corrected chi connectivity index (χ1v) is 13.5. The lowest BCUT2D eigenvalue weighted by atomic mass is 9.81. The van der Waals surface area contributed by atoms with Crippen LogP contribution in [-0.4, -0.2) is 38.0 Å². The Hall–Kier alpha value is -1.76. The Labute approximate surface area is 209 Å². The van der Waals surface area contributed by atoms with E-state index in [1.165, 1.54) is 22.3 Å². The molecule has 0 N–H and O–H groups in total. The van der Waals surface area contributed by atoms with E-state index in [1.807, 2.05) is 0 Å². The van der Waals surface area contributed by atoms with E-state index < -0.39 is 0 Å². The van der Waals surface area contributed by atoms with Gasteiger partial charge in [-0.25, -0.2) is 0 Å². The van der Waals surface area contributed by atoms with Gasteiger partial charge in [0.2, 0.25) is 0 Å². The lowest BCUT2D eigenvalue weighted by Gasteiger charge is -2.35. The molecule has 0 radical (unpaired) electrons.